The minimum absolute atomic E-state index is 0.123. The van der Waals surface area contributed by atoms with Crippen LogP contribution in [0.3, 0.4) is 0 Å². The highest BCUT2D eigenvalue weighted by molar-refractivity contribution is 7.89. The van der Waals surface area contributed by atoms with Crippen molar-refractivity contribution >= 4 is 21.6 Å². The van der Waals surface area contributed by atoms with Crippen LogP contribution in [-0.4, -0.2) is 36.7 Å². The van der Waals surface area contributed by atoms with Crippen LogP contribution in [0.5, 0.6) is 0 Å². The van der Waals surface area contributed by atoms with Crippen molar-refractivity contribution in [2.24, 2.45) is 0 Å². The molecule has 0 aliphatic carbocycles. The quantitative estimate of drug-likeness (QED) is 0.473. The van der Waals surface area contributed by atoms with Crippen LogP contribution in [0.15, 0.2) is 77.8 Å². The summed E-state index contributed by atoms with van der Waals surface area (Å²) in [5.74, 6) is -0.490. The van der Waals surface area contributed by atoms with Gasteiger partial charge in [-0.25, -0.2) is 12.8 Å². The van der Waals surface area contributed by atoms with E-state index >= 15 is 0 Å². The number of aryl methyl sites for hydroxylation is 1. The lowest BCUT2D eigenvalue weighted by atomic mass is 10.1. The van der Waals surface area contributed by atoms with Crippen molar-refractivity contribution in [3.8, 4) is 0 Å². The monoisotopic (exact) mass is 481 g/mol. The van der Waals surface area contributed by atoms with E-state index in [0.717, 1.165) is 30.5 Å². The number of carbonyl (C=O) groups excluding carboxylic acids is 1. The number of piperidine rings is 1. The maximum absolute atomic E-state index is 13.4. The van der Waals surface area contributed by atoms with Gasteiger partial charge in [0, 0.05) is 31.4 Å². The summed E-state index contributed by atoms with van der Waals surface area (Å²) in [5, 5.41) is 0. The first kappa shape index (κ1) is 24.0. The highest BCUT2D eigenvalue weighted by Crippen LogP contribution is 2.22. The first-order valence-corrected chi connectivity index (χ1v) is 12.9. The first-order valence-electron chi connectivity index (χ1n) is 11.5. The lowest BCUT2D eigenvalue weighted by molar-refractivity contribution is -0.118. The van der Waals surface area contributed by atoms with Crippen LogP contribution in [-0.2, 0) is 27.8 Å². The molecule has 6 nitrogen and oxygen atoms in total. The van der Waals surface area contributed by atoms with Crippen molar-refractivity contribution in [3.05, 3.63) is 90.0 Å². The standard InChI is InChI=1S/C26H28FN3O3S/c27-22-10-12-24(13-11-22)30(20-23-6-2-3-17-28-23)26(31)16-9-21-7-14-25(15-8-21)34(32,33)29-18-4-1-5-19-29/h2-3,6-8,10-15,17H,1,4-5,9,16,18-20H2. The van der Waals surface area contributed by atoms with Crippen LogP contribution >= 0.6 is 0 Å². The third-order valence-corrected chi connectivity index (χ3v) is 7.90. The Labute approximate surface area is 200 Å². The summed E-state index contributed by atoms with van der Waals surface area (Å²) >= 11 is 0. The van der Waals surface area contributed by atoms with E-state index in [1.807, 2.05) is 18.2 Å². The average molecular weight is 482 g/mol. The molecule has 0 bridgehead atoms. The molecule has 34 heavy (non-hydrogen) atoms. The number of benzene rings is 2. The van der Waals surface area contributed by atoms with Gasteiger partial charge in [-0.05, 0) is 73.4 Å². The van der Waals surface area contributed by atoms with E-state index in [1.54, 1.807) is 51.8 Å². The lowest BCUT2D eigenvalue weighted by Gasteiger charge is -2.26. The Morgan fingerprint density at radius 3 is 2.29 bits per heavy atom. The molecule has 0 atom stereocenters. The Morgan fingerprint density at radius 2 is 1.65 bits per heavy atom. The van der Waals surface area contributed by atoms with Gasteiger partial charge < -0.3 is 4.90 Å². The molecule has 3 aromatic rings. The minimum atomic E-state index is -3.48. The summed E-state index contributed by atoms with van der Waals surface area (Å²) in [5.41, 5.74) is 2.20. The molecular formula is C26H28FN3O3S. The molecule has 1 amide bonds. The maximum atomic E-state index is 13.4. The van der Waals surface area contributed by atoms with Crippen molar-refractivity contribution in [1.29, 1.82) is 0 Å². The molecule has 0 N–H and O–H groups in total. The second-order valence-corrected chi connectivity index (χ2v) is 10.3. The number of hydrogen-bond donors (Lipinski definition) is 0. The number of amides is 1. The normalized spacial score (nSPS) is 14.6. The van der Waals surface area contributed by atoms with Crippen molar-refractivity contribution in [1.82, 2.24) is 9.29 Å². The van der Waals surface area contributed by atoms with Gasteiger partial charge in [-0.2, -0.15) is 4.31 Å². The molecule has 1 aromatic heterocycles. The third kappa shape index (κ3) is 5.87. The molecule has 1 fully saturated rings. The van der Waals surface area contributed by atoms with E-state index in [1.165, 1.54) is 12.1 Å². The number of nitrogens with zero attached hydrogens (tertiary/aromatic N) is 3. The number of hydrogen-bond acceptors (Lipinski definition) is 4. The summed E-state index contributed by atoms with van der Waals surface area (Å²) in [7, 11) is -3.48. The fourth-order valence-electron chi connectivity index (χ4n) is 4.07. The zero-order valence-corrected chi connectivity index (χ0v) is 19.8. The smallest absolute Gasteiger partial charge is 0.243 e. The van der Waals surface area contributed by atoms with E-state index in [0.29, 0.717) is 25.2 Å². The van der Waals surface area contributed by atoms with Gasteiger partial charge >= 0.3 is 0 Å². The van der Waals surface area contributed by atoms with Crippen molar-refractivity contribution in [3.63, 3.8) is 0 Å². The van der Waals surface area contributed by atoms with Crippen molar-refractivity contribution in [2.75, 3.05) is 18.0 Å². The maximum Gasteiger partial charge on any atom is 0.243 e. The Balaban J connectivity index is 1.44. The number of aromatic nitrogens is 1. The van der Waals surface area contributed by atoms with Crippen LogP contribution < -0.4 is 4.90 Å². The predicted octanol–water partition coefficient (Wildman–Crippen LogP) is 4.56. The van der Waals surface area contributed by atoms with Gasteiger partial charge in [0.1, 0.15) is 5.82 Å². The fraction of sp³-hybridized carbons (Fsp3) is 0.308. The van der Waals surface area contributed by atoms with Gasteiger partial charge in [0.05, 0.1) is 17.1 Å². The molecule has 1 saturated heterocycles. The summed E-state index contributed by atoms with van der Waals surface area (Å²) in [6, 6.07) is 18.1. The molecule has 0 saturated carbocycles. The molecule has 0 unspecified atom stereocenters. The molecule has 0 radical (unpaired) electrons. The Bertz CT molecular complexity index is 1190. The number of rotatable bonds is 8. The zero-order chi connectivity index (χ0) is 24.0. The summed E-state index contributed by atoms with van der Waals surface area (Å²) in [6.07, 6.45) is 5.20. The largest absolute Gasteiger partial charge is 0.306 e. The fourth-order valence-corrected chi connectivity index (χ4v) is 5.58. The van der Waals surface area contributed by atoms with Crippen LogP contribution in [0, 0.1) is 5.82 Å². The predicted molar refractivity (Wildman–Crippen MR) is 129 cm³/mol. The van der Waals surface area contributed by atoms with Crippen LogP contribution in [0.1, 0.15) is 36.9 Å². The third-order valence-electron chi connectivity index (χ3n) is 5.99. The summed E-state index contributed by atoms with van der Waals surface area (Å²) in [6.45, 7) is 1.40. The number of carbonyl (C=O) groups is 1. The van der Waals surface area contributed by atoms with E-state index in [2.05, 4.69) is 4.98 Å². The Kier molecular flexibility index (Phi) is 7.70. The molecule has 2 heterocycles. The van der Waals surface area contributed by atoms with E-state index in [4.69, 9.17) is 0 Å². The van der Waals surface area contributed by atoms with Gasteiger partial charge in [-0.1, -0.05) is 24.6 Å². The Hall–Kier alpha value is -3.10. The number of pyridine rings is 1. The van der Waals surface area contributed by atoms with Gasteiger partial charge in [-0.15, -0.1) is 0 Å². The summed E-state index contributed by atoms with van der Waals surface area (Å²) in [4.78, 5) is 19.3. The highest BCUT2D eigenvalue weighted by Gasteiger charge is 2.25. The average Bonchev–Trinajstić information content (AvgIpc) is 2.88. The lowest BCUT2D eigenvalue weighted by Crippen LogP contribution is -2.35. The topological polar surface area (TPSA) is 70.6 Å². The zero-order valence-electron chi connectivity index (χ0n) is 18.9. The molecule has 0 spiro atoms. The molecule has 2 aromatic carbocycles. The molecule has 1 aliphatic heterocycles. The minimum Gasteiger partial charge on any atom is -0.306 e. The molecule has 8 heteroatoms. The second kappa shape index (κ2) is 10.9. The van der Waals surface area contributed by atoms with Crippen molar-refractivity contribution in [2.45, 2.75) is 43.5 Å². The van der Waals surface area contributed by atoms with Crippen LogP contribution in [0.2, 0.25) is 0 Å². The molecule has 4 rings (SSSR count). The first-order chi connectivity index (χ1) is 16.4. The molecule has 178 valence electrons. The van der Waals surface area contributed by atoms with E-state index in [9.17, 15) is 17.6 Å². The number of anilines is 1. The SMILES string of the molecule is O=C(CCc1ccc(S(=O)(=O)N2CCCCC2)cc1)N(Cc1ccccn1)c1ccc(F)cc1. The van der Waals surface area contributed by atoms with E-state index in [-0.39, 0.29) is 29.6 Å². The highest BCUT2D eigenvalue weighted by atomic mass is 32.2. The second-order valence-electron chi connectivity index (χ2n) is 8.39. The van der Waals surface area contributed by atoms with Crippen molar-refractivity contribution < 1.29 is 17.6 Å². The number of halogens is 1. The van der Waals surface area contributed by atoms with Crippen LogP contribution in [0.25, 0.3) is 0 Å². The van der Waals surface area contributed by atoms with E-state index < -0.39 is 10.0 Å². The van der Waals surface area contributed by atoms with Gasteiger partial charge in [-0.3, -0.25) is 9.78 Å². The van der Waals surface area contributed by atoms with Gasteiger partial charge in [0.15, 0.2) is 0 Å². The number of sulfonamides is 1. The van der Waals surface area contributed by atoms with Crippen LogP contribution in [0.4, 0.5) is 10.1 Å². The van der Waals surface area contributed by atoms with Gasteiger partial charge in [0.2, 0.25) is 15.9 Å². The molecule has 1 aliphatic rings. The summed E-state index contributed by atoms with van der Waals surface area (Å²) < 4.78 is 40.7. The van der Waals surface area contributed by atoms with Gasteiger partial charge in [0.25, 0.3) is 0 Å². The Morgan fingerprint density at radius 1 is 0.941 bits per heavy atom. The molecular weight excluding hydrogens is 453 g/mol.